The number of hydrazine groups is 1. The number of carbonyl (C=O) groups excluding carboxylic acids is 1. The molecule has 1 aromatic rings. The third kappa shape index (κ3) is 7.00. The van der Waals surface area contributed by atoms with Crippen LogP contribution in [0.3, 0.4) is 0 Å². The molecule has 1 aromatic carbocycles. The molecule has 0 radical (unpaired) electrons. The highest BCUT2D eigenvalue weighted by molar-refractivity contribution is 5.94. The lowest BCUT2D eigenvalue weighted by atomic mass is 10.0. The molecule has 0 aromatic heterocycles. The van der Waals surface area contributed by atoms with E-state index in [0.717, 1.165) is 44.5 Å². The average Bonchev–Trinajstić information content (AvgIpc) is 2.77. The van der Waals surface area contributed by atoms with Crippen LogP contribution in [0.4, 0.5) is 5.69 Å². The Balaban J connectivity index is 2.31. The summed E-state index contributed by atoms with van der Waals surface area (Å²) < 4.78 is 5.16. The Hall–Kier alpha value is -2.09. The second kappa shape index (κ2) is 12.6. The lowest BCUT2D eigenvalue weighted by Gasteiger charge is -2.36. The first-order valence-electron chi connectivity index (χ1n) is 11.0. The Morgan fingerprint density at radius 1 is 1.27 bits per heavy atom. The molecule has 2 rings (SSSR count). The van der Waals surface area contributed by atoms with E-state index in [1.165, 1.54) is 0 Å². The van der Waals surface area contributed by atoms with Gasteiger partial charge in [0.1, 0.15) is 5.70 Å². The van der Waals surface area contributed by atoms with Gasteiger partial charge in [-0.3, -0.25) is 9.80 Å². The van der Waals surface area contributed by atoms with Gasteiger partial charge in [0, 0.05) is 32.8 Å². The molecule has 1 saturated heterocycles. The van der Waals surface area contributed by atoms with Crippen LogP contribution in [0.25, 0.3) is 0 Å². The van der Waals surface area contributed by atoms with E-state index in [1.807, 2.05) is 35.2 Å². The summed E-state index contributed by atoms with van der Waals surface area (Å²) in [5.74, 6) is 6.69. The highest BCUT2D eigenvalue weighted by Gasteiger charge is 2.29. The summed E-state index contributed by atoms with van der Waals surface area (Å²) in [6, 6.07) is 9.79. The molecule has 1 amide bonds. The van der Waals surface area contributed by atoms with Gasteiger partial charge in [0.05, 0.1) is 11.4 Å². The molecule has 5 N–H and O–H groups in total. The molecule has 1 heterocycles. The number of nitrogens with one attached hydrogen (secondary N) is 1. The quantitative estimate of drug-likeness (QED) is 0.222. The van der Waals surface area contributed by atoms with Gasteiger partial charge in [-0.25, -0.2) is 5.84 Å². The fourth-order valence-corrected chi connectivity index (χ4v) is 3.84. The molecule has 7 heteroatoms. The van der Waals surface area contributed by atoms with Crippen molar-refractivity contribution >= 4 is 11.6 Å². The largest absolute Gasteiger partial charge is 0.393 e. The Labute approximate surface area is 181 Å². The van der Waals surface area contributed by atoms with Gasteiger partial charge in [0.15, 0.2) is 0 Å². The smallest absolute Gasteiger partial charge is 0.271 e. The van der Waals surface area contributed by atoms with Crippen LogP contribution in [0.1, 0.15) is 46.0 Å². The summed E-state index contributed by atoms with van der Waals surface area (Å²) in [4.78, 5) is 15.5. The summed E-state index contributed by atoms with van der Waals surface area (Å²) in [6.07, 6.45) is 4.39. The van der Waals surface area contributed by atoms with Gasteiger partial charge in [0.2, 0.25) is 0 Å². The molecule has 1 aliphatic heterocycles. The van der Waals surface area contributed by atoms with Crippen molar-refractivity contribution in [2.24, 2.45) is 17.5 Å². The summed E-state index contributed by atoms with van der Waals surface area (Å²) in [5.41, 5.74) is 8.23. The van der Waals surface area contributed by atoms with Gasteiger partial charge < -0.3 is 20.7 Å². The minimum Gasteiger partial charge on any atom is -0.393 e. The maximum atomic E-state index is 13.6. The van der Waals surface area contributed by atoms with Crippen molar-refractivity contribution in [1.29, 1.82) is 0 Å². The van der Waals surface area contributed by atoms with Crippen molar-refractivity contribution in [3.05, 3.63) is 41.7 Å². The first kappa shape index (κ1) is 24.2. The number of benzene rings is 1. The minimum absolute atomic E-state index is 0.120. The zero-order valence-electron chi connectivity index (χ0n) is 18.8. The molecular formula is C23H39N5O2. The maximum Gasteiger partial charge on any atom is 0.271 e. The number of ether oxygens (including phenoxy) is 1. The van der Waals surface area contributed by atoms with E-state index in [4.69, 9.17) is 16.3 Å². The van der Waals surface area contributed by atoms with Gasteiger partial charge in [0.25, 0.3) is 5.91 Å². The number of piperidine rings is 1. The highest BCUT2D eigenvalue weighted by atomic mass is 16.5. The topological polar surface area (TPSA) is 96.8 Å². The number of hydrogen-bond donors (Lipinski definition) is 3. The third-order valence-electron chi connectivity index (χ3n) is 5.41. The number of hydrogen-bond acceptors (Lipinski definition) is 6. The predicted molar refractivity (Wildman–Crippen MR) is 122 cm³/mol. The second-order valence-electron chi connectivity index (χ2n) is 8.37. The predicted octanol–water partition coefficient (Wildman–Crippen LogP) is 2.59. The Kier molecular flexibility index (Phi) is 10.1. The van der Waals surface area contributed by atoms with Crippen molar-refractivity contribution in [2.75, 3.05) is 38.4 Å². The van der Waals surface area contributed by atoms with Crippen LogP contribution < -0.4 is 21.9 Å². The van der Waals surface area contributed by atoms with Gasteiger partial charge in [-0.05, 0) is 56.7 Å². The second-order valence-corrected chi connectivity index (χ2v) is 8.37. The molecule has 0 spiro atoms. The van der Waals surface area contributed by atoms with Crippen LogP contribution in [0, 0.1) is 5.92 Å². The van der Waals surface area contributed by atoms with Crippen molar-refractivity contribution < 1.29 is 9.53 Å². The molecule has 30 heavy (non-hydrogen) atoms. The Morgan fingerprint density at radius 2 is 2.00 bits per heavy atom. The number of nitrogens with zero attached hydrogens (tertiary/aromatic N) is 2. The molecule has 0 saturated carbocycles. The zero-order valence-corrected chi connectivity index (χ0v) is 18.8. The number of carbonyl (C=O) groups is 1. The number of rotatable bonds is 11. The lowest BCUT2D eigenvalue weighted by Crippen LogP contribution is -2.51. The van der Waals surface area contributed by atoms with Crippen LogP contribution in [-0.2, 0) is 9.53 Å². The van der Waals surface area contributed by atoms with Gasteiger partial charge in [-0.1, -0.05) is 32.0 Å². The van der Waals surface area contributed by atoms with E-state index in [1.54, 1.807) is 12.1 Å². The highest BCUT2D eigenvalue weighted by Crippen LogP contribution is 2.23. The fraction of sp³-hybridized carbons (Fsp3) is 0.609. The van der Waals surface area contributed by atoms with Crippen molar-refractivity contribution in [1.82, 2.24) is 10.2 Å². The van der Waals surface area contributed by atoms with Gasteiger partial charge in [-0.2, -0.15) is 0 Å². The Bertz CT molecular complexity index is 671. The standard InChI is InChI=1S/C23H39N5O2/c1-18(2)17-27(20-12-9-14-26-16-20)23(29)22(24)21(13-7-8-15-30-3)28(25)19-10-5-4-6-11-19/h4-6,10-11,18,20,26H,7-9,12-17,24-25H2,1-3H3/b22-21-/t20-/m0/s1. The molecule has 1 aliphatic rings. The number of nitrogens with two attached hydrogens (primary N) is 2. The minimum atomic E-state index is -0.120. The summed E-state index contributed by atoms with van der Waals surface area (Å²) in [6.45, 7) is 7.41. The summed E-state index contributed by atoms with van der Waals surface area (Å²) in [7, 11) is 1.69. The molecule has 1 fully saturated rings. The van der Waals surface area contributed by atoms with Crippen LogP contribution >= 0.6 is 0 Å². The first-order valence-corrected chi connectivity index (χ1v) is 11.0. The summed E-state index contributed by atoms with van der Waals surface area (Å²) in [5, 5.41) is 4.97. The van der Waals surface area contributed by atoms with Gasteiger partial charge in [-0.15, -0.1) is 0 Å². The SMILES string of the molecule is COCCCC/C(=C(/N)C(=O)N(CC(C)C)[C@H]1CCCNC1)N(N)c1ccccc1. The maximum absolute atomic E-state index is 13.6. The number of amides is 1. The molecule has 0 aliphatic carbocycles. The van der Waals surface area contributed by atoms with Crippen molar-refractivity contribution in [3.8, 4) is 0 Å². The normalized spacial score (nSPS) is 17.6. The molecular weight excluding hydrogens is 378 g/mol. The molecule has 0 unspecified atom stereocenters. The zero-order chi connectivity index (χ0) is 21.9. The molecule has 1 atom stereocenters. The first-order chi connectivity index (χ1) is 14.5. The number of anilines is 1. The van der Waals surface area contributed by atoms with E-state index in [-0.39, 0.29) is 17.6 Å². The summed E-state index contributed by atoms with van der Waals surface area (Å²) >= 11 is 0. The molecule has 168 valence electrons. The van der Waals surface area contributed by atoms with Crippen molar-refractivity contribution in [3.63, 3.8) is 0 Å². The molecule has 0 bridgehead atoms. The average molecular weight is 418 g/mol. The fourth-order valence-electron chi connectivity index (χ4n) is 3.84. The van der Waals surface area contributed by atoms with Gasteiger partial charge >= 0.3 is 0 Å². The lowest BCUT2D eigenvalue weighted by molar-refractivity contribution is -0.130. The van der Waals surface area contributed by atoms with E-state index in [9.17, 15) is 4.79 Å². The van der Waals surface area contributed by atoms with E-state index < -0.39 is 0 Å². The number of unbranched alkanes of at least 4 members (excludes halogenated alkanes) is 1. The van der Waals surface area contributed by atoms with E-state index >= 15 is 0 Å². The van der Waals surface area contributed by atoms with E-state index in [2.05, 4.69) is 19.2 Å². The number of para-hydroxylation sites is 1. The van der Waals surface area contributed by atoms with E-state index in [0.29, 0.717) is 31.2 Å². The monoisotopic (exact) mass is 417 g/mol. The number of allylic oxidation sites excluding steroid dienone is 1. The van der Waals surface area contributed by atoms with Crippen molar-refractivity contribution in [2.45, 2.75) is 52.0 Å². The van der Waals surface area contributed by atoms with Crippen LogP contribution in [0.15, 0.2) is 41.7 Å². The van der Waals surface area contributed by atoms with Crippen LogP contribution in [0.2, 0.25) is 0 Å². The molecule has 7 nitrogen and oxygen atoms in total. The number of methoxy groups -OCH3 is 1. The third-order valence-corrected chi connectivity index (χ3v) is 5.41. The Morgan fingerprint density at radius 3 is 2.60 bits per heavy atom. The van der Waals surface area contributed by atoms with Crippen LogP contribution in [-0.4, -0.2) is 50.2 Å². The van der Waals surface area contributed by atoms with Crippen LogP contribution in [0.5, 0.6) is 0 Å².